The third-order valence-electron chi connectivity index (χ3n) is 4.85. The number of nitrogens with zero attached hydrogens (tertiary/aromatic N) is 1. The number of rotatable bonds is 6. The minimum absolute atomic E-state index is 0. The summed E-state index contributed by atoms with van der Waals surface area (Å²) in [5.41, 5.74) is 6.67. The number of hydrogen-bond donors (Lipinski definition) is 2. The first-order chi connectivity index (χ1) is 11.1. The van der Waals surface area contributed by atoms with E-state index in [0.717, 1.165) is 25.7 Å². The number of amides is 2. The molecule has 2 rings (SSSR count). The first-order valence-electron chi connectivity index (χ1n) is 8.47. The summed E-state index contributed by atoms with van der Waals surface area (Å²) in [6.45, 7) is 5.62. The van der Waals surface area contributed by atoms with Crippen molar-refractivity contribution in [1.29, 1.82) is 0 Å². The molecule has 0 atom stereocenters. The number of carbonyl (C=O) groups is 2. The topological polar surface area (TPSA) is 75.4 Å². The van der Waals surface area contributed by atoms with Gasteiger partial charge in [-0.15, -0.1) is 12.4 Å². The van der Waals surface area contributed by atoms with Gasteiger partial charge < -0.3 is 16.0 Å². The van der Waals surface area contributed by atoms with Crippen molar-refractivity contribution in [2.24, 2.45) is 11.1 Å². The van der Waals surface area contributed by atoms with Crippen LogP contribution in [0.4, 0.5) is 5.69 Å². The molecule has 6 heteroatoms. The van der Waals surface area contributed by atoms with Crippen molar-refractivity contribution in [2.75, 3.05) is 25.0 Å². The Hall–Kier alpha value is -1.59. The third kappa shape index (κ3) is 4.28. The van der Waals surface area contributed by atoms with Gasteiger partial charge in [0.15, 0.2) is 0 Å². The SMILES string of the molecule is CCN(CC)C(=O)c1cccc(NC(=O)C2(CN)CCCC2)c1.Cl. The number of nitrogens with one attached hydrogen (secondary N) is 1. The lowest BCUT2D eigenvalue weighted by atomic mass is 9.85. The Morgan fingerprint density at radius 1 is 1.21 bits per heavy atom. The summed E-state index contributed by atoms with van der Waals surface area (Å²) in [7, 11) is 0. The van der Waals surface area contributed by atoms with Gasteiger partial charge in [0.05, 0.1) is 5.41 Å². The average molecular weight is 354 g/mol. The summed E-state index contributed by atoms with van der Waals surface area (Å²) in [6.07, 6.45) is 3.77. The first kappa shape index (κ1) is 20.5. The minimum atomic E-state index is -0.446. The zero-order valence-electron chi connectivity index (χ0n) is 14.5. The summed E-state index contributed by atoms with van der Waals surface area (Å²) in [5, 5.41) is 2.96. The number of hydrogen-bond acceptors (Lipinski definition) is 3. The smallest absolute Gasteiger partial charge is 0.253 e. The van der Waals surface area contributed by atoms with Crippen LogP contribution in [0.5, 0.6) is 0 Å². The molecule has 2 amide bonds. The number of carbonyl (C=O) groups excluding carboxylic acids is 2. The maximum Gasteiger partial charge on any atom is 0.253 e. The van der Waals surface area contributed by atoms with Gasteiger partial charge in [-0.2, -0.15) is 0 Å². The Morgan fingerprint density at radius 3 is 2.38 bits per heavy atom. The van der Waals surface area contributed by atoms with E-state index in [1.54, 1.807) is 23.1 Å². The van der Waals surface area contributed by atoms with Crippen molar-refractivity contribution < 1.29 is 9.59 Å². The van der Waals surface area contributed by atoms with Crippen LogP contribution in [0.25, 0.3) is 0 Å². The zero-order chi connectivity index (χ0) is 16.9. The van der Waals surface area contributed by atoms with E-state index < -0.39 is 5.41 Å². The van der Waals surface area contributed by atoms with Gasteiger partial charge in [0, 0.05) is 30.9 Å². The second kappa shape index (κ2) is 9.04. The quantitative estimate of drug-likeness (QED) is 0.825. The van der Waals surface area contributed by atoms with Gasteiger partial charge in [-0.25, -0.2) is 0 Å². The molecule has 1 fully saturated rings. The summed E-state index contributed by atoms with van der Waals surface area (Å²) < 4.78 is 0. The van der Waals surface area contributed by atoms with Crippen molar-refractivity contribution in [3.05, 3.63) is 29.8 Å². The van der Waals surface area contributed by atoms with Crippen molar-refractivity contribution in [3.8, 4) is 0 Å². The lowest BCUT2D eigenvalue weighted by molar-refractivity contribution is -0.124. The predicted molar refractivity (Wildman–Crippen MR) is 99.5 cm³/mol. The molecule has 3 N–H and O–H groups in total. The molecule has 0 bridgehead atoms. The lowest BCUT2D eigenvalue weighted by Gasteiger charge is -2.26. The second-order valence-corrected chi connectivity index (χ2v) is 6.20. The molecule has 1 saturated carbocycles. The van der Waals surface area contributed by atoms with E-state index in [1.165, 1.54) is 0 Å². The molecular weight excluding hydrogens is 326 g/mol. The van der Waals surface area contributed by atoms with Crippen LogP contribution in [0.1, 0.15) is 49.9 Å². The molecular formula is C18H28ClN3O2. The fraction of sp³-hybridized carbons (Fsp3) is 0.556. The highest BCUT2D eigenvalue weighted by Crippen LogP contribution is 2.38. The molecule has 1 aliphatic rings. The van der Waals surface area contributed by atoms with E-state index in [0.29, 0.717) is 30.9 Å². The third-order valence-corrected chi connectivity index (χ3v) is 4.85. The van der Waals surface area contributed by atoms with Gasteiger partial charge in [0.25, 0.3) is 5.91 Å². The van der Waals surface area contributed by atoms with Gasteiger partial charge in [-0.3, -0.25) is 9.59 Å². The standard InChI is InChI=1S/C18H27N3O2.ClH/c1-3-21(4-2)16(22)14-8-7-9-15(12-14)20-17(23)18(13-19)10-5-6-11-18;/h7-9,12H,3-6,10-11,13,19H2,1-2H3,(H,20,23);1H. The van der Waals surface area contributed by atoms with Crippen LogP contribution in [-0.2, 0) is 4.79 Å². The van der Waals surface area contributed by atoms with Crippen molar-refractivity contribution in [2.45, 2.75) is 39.5 Å². The van der Waals surface area contributed by atoms with E-state index in [9.17, 15) is 9.59 Å². The predicted octanol–water partition coefficient (Wildman–Crippen LogP) is 3.05. The first-order valence-corrected chi connectivity index (χ1v) is 8.47. The molecule has 1 aromatic rings. The second-order valence-electron chi connectivity index (χ2n) is 6.20. The molecule has 1 aromatic carbocycles. The zero-order valence-corrected chi connectivity index (χ0v) is 15.3. The Labute approximate surface area is 150 Å². The highest BCUT2D eigenvalue weighted by Gasteiger charge is 2.39. The van der Waals surface area contributed by atoms with Crippen molar-refractivity contribution in [1.82, 2.24) is 4.90 Å². The molecule has 0 aliphatic heterocycles. The molecule has 0 radical (unpaired) electrons. The molecule has 1 aliphatic carbocycles. The van der Waals surface area contributed by atoms with Gasteiger partial charge in [-0.1, -0.05) is 18.9 Å². The highest BCUT2D eigenvalue weighted by atomic mass is 35.5. The van der Waals surface area contributed by atoms with Crippen molar-refractivity contribution >= 4 is 29.9 Å². The molecule has 0 unspecified atom stereocenters. The molecule has 0 saturated heterocycles. The van der Waals surface area contributed by atoms with Crippen LogP contribution in [0.2, 0.25) is 0 Å². The van der Waals surface area contributed by atoms with Crippen LogP contribution in [-0.4, -0.2) is 36.3 Å². The summed E-state index contributed by atoms with van der Waals surface area (Å²) in [5.74, 6) is -0.0366. The molecule has 0 heterocycles. The van der Waals surface area contributed by atoms with Gasteiger partial charge in [0.2, 0.25) is 5.91 Å². The lowest BCUT2D eigenvalue weighted by Crippen LogP contribution is -2.40. The Bertz CT molecular complexity index is 567. The number of halogens is 1. The van der Waals surface area contributed by atoms with Crippen LogP contribution in [0.3, 0.4) is 0 Å². The summed E-state index contributed by atoms with van der Waals surface area (Å²) in [4.78, 5) is 26.8. The Balaban J connectivity index is 0.00000288. The van der Waals surface area contributed by atoms with Crippen LogP contribution in [0.15, 0.2) is 24.3 Å². The molecule has 0 aromatic heterocycles. The largest absolute Gasteiger partial charge is 0.339 e. The number of anilines is 1. The molecule has 5 nitrogen and oxygen atoms in total. The maximum atomic E-state index is 12.6. The summed E-state index contributed by atoms with van der Waals surface area (Å²) in [6, 6.07) is 7.15. The fourth-order valence-electron chi connectivity index (χ4n) is 3.26. The van der Waals surface area contributed by atoms with Gasteiger partial charge >= 0.3 is 0 Å². The maximum absolute atomic E-state index is 12.6. The molecule has 134 valence electrons. The Kier molecular flexibility index (Phi) is 7.70. The van der Waals surface area contributed by atoms with E-state index in [1.807, 2.05) is 19.9 Å². The Morgan fingerprint density at radius 2 is 1.83 bits per heavy atom. The summed E-state index contributed by atoms with van der Waals surface area (Å²) >= 11 is 0. The number of benzene rings is 1. The normalized spacial score (nSPS) is 15.5. The monoisotopic (exact) mass is 353 g/mol. The van der Waals surface area contributed by atoms with E-state index in [4.69, 9.17) is 5.73 Å². The molecule has 24 heavy (non-hydrogen) atoms. The van der Waals surface area contributed by atoms with Gasteiger partial charge in [-0.05, 0) is 44.9 Å². The van der Waals surface area contributed by atoms with Crippen molar-refractivity contribution in [3.63, 3.8) is 0 Å². The van der Waals surface area contributed by atoms with Gasteiger partial charge in [0.1, 0.15) is 0 Å². The fourth-order valence-corrected chi connectivity index (χ4v) is 3.26. The van der Waals surface area contributed by atoms with Crippen LogP contribution >= 0.6 is 12.4 Å². The number of nitrogens with two attached hydrogens (primary N) is 1. The average Bonchev–Trinajstić information content (AvgIpc) is 3.06. The van der Waals surface area contributed by atoms with E-state index >= 15 is 0 Å². The molecule has 0 spiro atoms. The minimum Gasteiger partial charge on any atom is -0.339 e. The van der Waals surface area contributed by atoms with Crippen LogP contribution in [0, 0.1) is 5.41 Å². The van der Waals surface area contributed by atoms with E-state index in [2.05, 4.69) is 5.32 Å². The van der Waals surface area contributed by atoms with Crippen LogP contribution < -0.4 is 11.1 Å². The highest BCUT2D eigenvalue weighted by molar-refractivity contribution is 5.99. The van der Waals surface area contributed by atoms with E-state index in [-0.39, 0.29) is 24.2 Å².